The minimum absolute atomic E-state index is 0.129. The second-order valence-corrected chi connectivity index (χ2v) is 46.0. The molecular weight excluding hydrogens is 1600 g/mol. The van der Waals surface area contributed by atoms with Crippen LogP contribution in [0, 0.1) is 0 Å². The predicted octanol–water partition coefficient (Wildman–Crippen LogP) is 16.2. The lowest BCUT2D eigenvalue weighted by Gasteiger charge is -2.28. The van der Waals surface area contributed by atoms with Gasteiger partial charge < -0.3 is 64.8 Å². The third-order valence-electron chi connectivity index (χ3n) is 21.2. The number of H-pyrrole nitrogens is 1. The number of carbonyl (C=O) groups excluding carboxylic acids is 6. The van der Waals surface area contributed by atoms with Crippen LogP contribution < -0.4 is 35.9 Å². The number of anilines is 3. The molecule has 124 heavy (non-hydrogen) atoms. The fraction of sp³-hybridized carbons (Fsp3) is 0.355. The highest BCUT2D eigenvalue weighted by Gasteiger charge is 2.38. The smallest absolute Gasteiger partial charge is 0.410 e. The normalized spacial score (nSPS) is 14.0. The van der Waals surface area contributed by atoms with E-state index in [4.69, 9.17) is 54.3 Å². The molecule has 2 atom stereocenters. The number of nitrogens with one attached hydrogen (secondary N) is 4. The van der Waals surface area contributed by atoms with Gasteiger partial charge in [-0.05, 0) is 173 Å². The second kappa shape index (κ2) is 39.2. The largest absolute Gasteiger partial charge is 0.496 e. The van der Waals surface area contributed by atoms with E-state index in [0.717, 1.165) is 126 Å². The van der Waals surface area contributed by atoms with Gasteiger partial charge in [0.05, 0.1) is 61.1 Å². The Morgan fingerprint density at radius 1 is 0.516 bits per heavy atom. The zero-order chi connectivity index (χ0) is 89.1. The van der Waals surface area contributed by atoms with E-state index in [2.05, 4.69) is 70.4 Å². The van der Waals surface area contributed by atoms with Gasteiger partial charge in [-0.1, -0.05) is 93.9 Å². The topological polar surface area (TPSA) is 336 Å². The van der Waals surface area contributed by atoms with Crippen molar-refractivity contribution in [1.82, 2.24) is 69.6 Å². The number of nitrogens with zero attached hydrogens (tertiary/aromatic N) is 12. The number of nitrogen functional groups attached to an aromatic ring is 1. The lowest BCUT2D eigenvalue weighted by Crippen LogP contribution is -2.45. The first kappa shape index (κ1) is 90.5. The second-order valence-electron chi connectivity index (χ2n) is 34.8. The Kier molecular flexibility index (Phi) is 28.6. The summed E-state index contributed by atoms with van der Waals surface area (Å²) in [7, 11) is 12.6. The van der Waals surface area contributed by atoms with Gasteiger partial charge in [-0.3, -0.25) is 34.0 Å². The molecule has 29 nitrogen and oxygen atoms in total. The van der Waals surface area contributed by atoms with Gasteiger partial charge in [0, 0.05) is 152 Å². The molecule has 8 heterocycles. The van der Waals surface area contributed by atoms with Crippen LogP contribution in [-0.4, -0.2) is 224 Å². The molecule has 6 amide bonds. The van der Waals surface area contributed by atoms with Crippen molar-refractivity contribution in [3.05, 3.63) is 181 Å². The monoisotopic (exact) mass is 1720 g/mol. The van der Waals surface area contributed by atoms with Crippen molar-refractivity contribution in [1.29, 1.82) is 0 Å². The number of aromatic nitrogens is 9. The van der Waals surface area contributed by atoms with Crippen LogP contribution in [0.3, 0.4) is 0 Å². The molecule has 6 aromatic carbocycles. The van der Waals surface area contributed by atoms with Crippen molar-refractivity contribution in [3.63, 3.8) is 0 Å². The molecule has 2 aliphatic heterocycles. The Bertz CT molecular complexity index is 5900. The number of fused-ring (bicyclic) bond motifs is 3. The van der Waals surface area contributed by atoms with Gasteiger partial charge >= 0.3 is 6.09 Å². The molecule has 0 aliphatic carbocycles. The number of nitrogens with two attached hydrogens (primary N) is 1. The fourth-order valence-electron chi connectivity index (χ4n) is 14.5. The Hall–Kier alpha value is -12.7. The van der Waals surface area contributed by atoms with Crippen LogP contribution >= 0.6 is 0 Å². The molecule has 6 aromatic heterocycles. The number of aromatic amines is 1. The van der Waals surface area contributed by atoms with Crippen molar-refractivity contribution >= 4 is 102 Å². The summed E-state index contributed by atoms with van der Waals surface area (Å²) in [4.78, 5) is 98.5. The molecule has 2 fully saturated rings. The average molecular weight is 1720 g/mol. The van der Waals surface area contributed by atoms with E-state index in [9.17, 15) is 28.8 Å². The maximum atomic E-state index is 13.6. The maximum Gasteiger partial charge on any atom is 0.410 e. The van der Waals surface area contributed by atoms with E-state index in [1.54, 1.807) is 143 Å². The standard InChI is InChI=1S/C38H50N6O6Si.C28H35N5O3Si.C27H28N6O3/c1-38(2,3)50-37(47)43-18-12-14-31(43)35(45)40-30-17-16-25(21-28(30)36(46)42(4)5)26-22-29-33(27-13-10-11-15-32(27)48-6)41-44(34(29)39-23-26)24-49-19-20-51(7,8)9;1-32(2)28(34)22-15-19(11-12-24(22)29)20-16-23-26(21-9-7-8-10-25(21)35-3)31-33(27(23)30-17-20)18-36-13-14-37(4,5)6;1-33(2)27(35)19-13-16(10-11-21(19)30-26(34)22-8-6-12-28-22)17-14-20-24(31-32-25(20)29-15-17)18-7-4-5-9-23(18)36-3/h10-11,13,15-17,21-23,31H,12,14,18-20,24H2,1-9H3,(H,40,45);7-12,15-17H,13-14,18,29H2,1-6H3;4-5,7,9-11,13-15,22,28H,6,8,12H2,1-3H3,(H,30,34)(H,29,31,32). The number of benzene rings is 6. The Balaban J connectivity index is 0.000000173. The molecule has 2 aliphatic rings. The van der Waals surface area contributed by atoms with E-state index in [1.807, 2.05) is 115 Å². The number of rotatable bonds is 26. The first-order valence-corrected chi connectivity index (χ1v) is 48.8. The molecule has 2 saturated heterocycles. The number of pyridine rings is 3. The molecule has 2 unspecified atom stereocenters. The summed E-state index contributed by atoms with van der Waals surface area (Å²) < 4.78 is 38.1. The summed E-state index contributed by atoms with van der Waals surface area (Å²) in [6.07, 6.45) is 7.66. The fourth-order valence-corrected chi connectivity index (χ4v) is 16.0. The molecule has 6 N–H and O–H groups in total. The number of amides is 6. The molecule has 0 radical (unpaired) electrons. The van der Waals surface area contributed by atoms with Gasteiger partial charge in [0.1, 0.15) is 53.7 Å². The van der Waals surface area contributed by atoms with Crippen LogP contribution in [0.1, 0.15) is 77.5 Å². The molecule has 14 rings (SSSR count). The number of methoxy groups -OCH3 is 3. The zero-order valence-corrected chi connectivity index (χ0v) is 76.1. The van der Waals surface area contributed by atoms with Crippen LogP contribution in [0.2, 0.25) is 51.4 Å². The van der Waals surface area contributed by atoms with Gasteiger partial charge in [0.2, 0.25) is 11.8 Å². The molecule has 0 bridgehead atoms. The molecule has 31 heteroatoms. The number of ether oxygens (including phenoxy) is 6. The van der Waals surface area contributed by atoms with Gasteiger partial charge in [0.15, 0.2) is 16.9 Å². The van der Waals surface area contributed by atoms with Crippen LogP contribution in [0.25, 0.3) is 100 Å². The lowest BCUT2D eigenvalue weighted by molar-refractivity contribution is -0.120. The first-order valence-electron chi connectivity index (χ1n) is 41.4. The van der Waals surface area contributed by atoms with Gasteiger partial charge in [-0.2, -0.15) is 15.3 Å². The highest BCUT2D eigenvalue weighted by molar-refractivity contribution is 6.76. The SMILES string of the molecule is COc1ccccc1-c1[nH]nc2ncc(-c3ccc(NC(=O)C4CCCN4)c(C(=O)N(C)C)c3)cc12.COc1ccccc1-c1nn(COCC[Si](C)(C)C)c2ncc(-c3ccc(N)c(C(=O)N(C)C)c3)cc12.COc1ccccc1-c1nn(COCC[Si](C)(C)C)c2ncc(-c3ccc(NC(=O)C4CCCN4C(=O)OC(C)(C)C)c(C(=O)N(C)C)c3)cc12. The number of likely N-dealkylation sites (tertiary alicyclic amines) is 1. The Morgan fingerprint density at radius 3 is 1.41 bits per heavy atom. The minimum Gasteiger partial charge on any atom is -0.496 e. The molecular formula is C93H113N17O12Si2. The summed E-state index contributed by atoms with van der Waals surface area (Å²) in [5.74, 6) is 1.01. The third-order valence-corrected chi connectivity index (χ3v) is 24.6. The summed E-state index contributed by atoms with van der Waals surface area (Å²) in [6.45, 7) is 22.5. The van der Waals surface area contributed by atoms with Gasteiger partial charge in [-0.15, -0.1) is 0 Å². The Morgan fingerprint density at radius 2 is 0.952 bits per heavy atom. The van der Waals surface area contributed by atoms with Crippen molar-refractivity contribution in [2.24, 2.45) is 0 Å². The molecule has 0 spiro atoms. The summed E-state index contributed by atoms with van der Waals surface area (Å²) in [6, 6.07) is 46.7. The molecule has 650 valence electrons. The number of carbonyl (C=O) groups is 6. The van der Waals surface area contributed by atoms with Crippen molar-refractivity contribution in [2.45, 2.75) is 129 Å². The van der Waals surface area contributed by atoms with Crippen LogP contribution in [0.5, 0.6) is 17.2 Å². The summed E-state index contributed by atoms with van der Waals surface area (Å²) >= 11 is 0. The van der Waals surface area contributed by atoms with Crippen molar-refractivity contribution in [2.75, 3.05) is 106 Å². The number of para-hydroxylation sites is 3. The quantitative estimate of drug-likeness (QED) is 0.0191. The van der Waals surface area contributed by atoms with Gasteiger partial charge in [-0.25, -0.2) is 29.1 Å². The summed E-state index contributed by atoms with van der Waals surface area (Å²) in [5, 5.41) is 28.8. The van der Waals surface area contributed by atoms with E-state index in [1.165, 1.54) is 19.6 Å². The average Bonchev–Trinajstić information content (AvgIpc) is 1.61. The maximum absolute atomic E-state index is 13.6. The molecule has 12 aromatic rings. The van der Waals surface area contributed by atoms with E-state index >= 15 is 0 Å². The predicted molar refractivity (Wildman–Crippen MR) is 492 cm³/mol. The van der Waals surface area contributed by atoms with Crippen LogP contribution in [0.15, 0.2) is 164 Å². The van der Waals surface area contributed by atoms with Crippen molar-refractivity contribution in [3.8, 4) is 84.4 Å². The first-order chi connectivity index (χ1) is 59.1. The number of hydrogen-bond acceptors (Lipinski definition) is 20. The van der Waals surface area contributed by atoms with Crippen molar-refractivity contribution < 1.29 is 57.2 Å². The molecule has 0 saturated carbocycles. The van der Waals surface area contributed by atoms with E-state index in [-0.39, 0.29) is 42.3 Å². The lowest BCUT2D eigenvalue weighted by atomic mass is 10.00. The number of hydrogen-bond donors (Lipinski definition) is 5. The minimum atomic E-state index is -1.27. The summed E-state index contributed by atoms with van der Waals surface area (Å²) in [5.41, 5.74) is 19.5. The van der Waals surface area contributed by atoms with Gasteiger partial charge in [0.25, 0.3) is 17.7 Å². The Labute approximate surface area is 725 Å². The highest BCUT2D eigenvalue weighted by atomic mass is 28.3. The van der Waals surface area contributed by atoms with E-state index in [0.29, 0.717) is 95.8 Å². The zero-order valence-electron chi connectivity index (χ0n) is 74.1. The van der Waals surface area contributed by atoms with Crippen LogP contribution in [-0.2, 0) is 37.3 Å². The van der Waals surface area contributed by atoms with Crippen LogP contribution in [0.4, 0.5) is 21.9 Å². The third kappa shape index (κ3) is 21.7. The highest BCUT2D eigenvalue weighted by Crippen LogP contribution is 2.41. The van der Waals surface area contributed by atoms with E-state index < -0.39 is 33.9 Å².